The van der Waals surface area contributed by atoms with Crippen molar-refractivity contribution in [2.75, 3.05) is 13.2 Å². The summed E-state index contributed by atoms with van der Waals surface area (Å²) in [5, 5.41) is 18.2. The Balaban J connectivity index is 1.96. The summed E-state index contributed by atoms with van der Waals surface area (Å²) in [5.74, 6) is -2.53. The van der Waals surface area contributed by atoms with Crippen LogP contribution >= 0.6 is 8.25 Å². The molecule has 2 heterocycles. The van der Waals surface area contributed by atoms with E-state index in [-0.39, 0.29) is 6.42 Å². The van der Waals surface area contributed by atoms with E-state index in [4.69, 9.17) is 14.4 Å². The summed E-state index contributed by atoms with van der Waals surface area (Å²) in [6.07, 6.45) is -2.65. The summed E-state index contributed by atoms with van der Waals surface area (Å²) in [6.45, 7) is -1.23. The minimum atomic E-state index is -2.73. The van der Waals surface area contributed by atoms with Crippen molar-refractivity contribution in [3.05, 3.63) is 32.9 Å². The molecule has 0 spiro atoms. The van der Waals surface area contributed by atoms with E-state index in [1.54, 1.807) is 4.98 Å². The highest BCUT2D eigenvalue weighted by Gasteiger charge is 2.38. The second-order valence-electron chi connectivity index (χ2n) is 4.76. The van der Waals surface area contributed by atoms with Crippen molar-refractivity contribution in [1.29, 1.82) is 0 Å². The number of aliphatic hydroxyl groups is 1. The number of carboxylic acid groups (broad SMARTS) is 1. The number of aliphatic hydroxyl groups excluding tert-OH is 1. The maximum Gasteiger partial charge on any atom is 0.698 e. The molecule has 1 unspecified atom stereocenters. The molecule has 0 amide bonds. The van der Waals surface area contributed by atoms with Crippen molar-refractivity contribution in [2.24, 2.45) is 0 Å². The molecule has 4 atom stereocenters. The van der Waals surface area contributed by atoms with Crippen LogP contribution in [0.3, 0.4) is 0 Å². The Labute approximate surface area is 133 Å². The van der Waals surface area contributed by atoms with Crippen molar-refractivity contribution in [2.45, 2.75) is 24.9 Å². The highest BCUT2D eigenvalue weighted by atomic mass is 31.1. The maximum absolute atomic E-state index is 13.3. The Hall–Kier alpha value is -1.98. The Kier molecular flexibility index (Phi) is 5.91. The van der Waals surface area contributed by atoms with Crippen LogP contribution in [0.25, 0.3) is 0 Å². The SMILES string of the molecule is O=C(O)CO[P+](=O)OC[C@H]1O[C@@H](n2cc(F)c(=O)[nH]c2=O)C[C@@H]1O. The Morgan fingerprint density at radius 2 is 2.21 bits per heavy atom. The number of halogens is 1. The Morgan fingerprint density at radius 3 is 2.88 bits per heavy atom. The van der Waals surface area contributed by atoms with Crippen LogP contribution in [0, 0.1) is 5.82 Å². The molecule has 2 rings (SSSR count). The first kappa shape index (κ1) is 18.4. The van der Waals surface area contributed by atoms with Gasteiger partial charge in [-0.2, -0.15) is 4.39 Å². The van der Waals surface area contributed by atoms with Gasteiger partial charge in [0.05, 0.1) is 12.3 Å². The van der Waals surface area contributed by atoms with Gasteiger partial charge in [0.15, 0.2) is 0 Å². The number of nitrogens with one attached hydrogen (secondary N) is 1. The monoisotopic (exact) mass is 367 g/mol. The van der Waals surface area contributed by atoms with Gasteiger partial charge in [-0.05, 0) is 0 Å². The first-order valence-electron chi connectivity index (χ1n) is 6.57. The number of ether oxygens (including phenoxy) is 1. The van der Waals surface area contributed by atoms with E-state index in [9.17, 15) is 28.4 Å². The van der Waals surface area contributed by atoms with Gasteiger partial charge in [0.2, 0.25) is 12.4 Å². The lowest BCUT2D eigenvalue weighted by molar-refractivity contribution is -0.139. The van der Waals surface area contributed by atoms with E-state index in [1.807, 2.05) is 0 Å². The highest BCUT2D eigenvalue weighted by Crippen LogP contribution is 2.31. The lowest BCUT2D eigenvalue weighted by Gasteiger charge is -2.13. The third kappa shape index (κ3) is 4.52. The predicted molar refractivity (Wildman–Crippen MR) is 73.0 cm³/mol. The molecule has 0 aliphatic carbocycles. The van der Waals surface area contributed by atoms with Crippen LogP contribution < -0.4 is 11.2 Å². The number of carbonyl (C=O) groups is 1. The second-order valence-corrected chi connectivity index (χ2v) is 5.73. The average Bonchev–Trinajstić information content (AvgIpc) is 2.87. The number of nitrogens with zero attached hydrogens (tertiary/aromatic N) is 1. The highest BCUT2D eigenvalue weighted by molar-refractivity contribution is 7.33. The van der Waals surface area contributed by atoms with Crippen molar-refractivity contribution in [3.8, 4) is 0 Å². The summed E-state index contributed by atoms with van der Waals surface area (Å²) >= 11 is 0. The molecular formula is C11H13FN2O9P+. The molecule has 1 aliphatic heterocycles. The third-order valence-electron chi connectivity index (χ3n) is 3.08. The van der Waals surface area contributed by atoms with Gasteiger partial charge in [-0.1, -0.05) is 0 Å². The van der Waals surface area contributed by atoms with Crippen molar-refractivity contribution in [3.63, 3.8) is 0 Å². The van der Waals surface area contributed by atoms with E-state index in [1.165, 1.54) is 0 Å². The molecule has 0 bridgehead atoms. The maximum atomic E-state index is 13.3. The fraction of sp³-hybridized carbons (Fsp3) is 0.545. The van der Waals surface area contributed by atoms with Crippen LogP contribution in [0.2, 0.25) is 0 Å². The standard InChI is InChI=1S/C11H12FN2O9P/c12-5-2-14(11(19)13-10(5)18)8-1-6(15)7(23-8)3-21-24(20)22-4-9(16)17/h2,6-8,15H,1,3-4H2,(H-,13,16,17,18,19)/p+1/t6-,7+,8+/m0/s1. The normalized spacial score (nSPS) is 24.1. The molecule has 132 valence electrons. The third-order valence-corrected chi connectivity index (χ3v) is 3.78. The van der Waals surface area contributed by atoms with E-state index >= 15 is 0 Å². The van der Waals surface area contributed by atoms with Crippen LogP contribution in [0.4, 0.5) is 4.39 Å². The number of rotatable bonds is 7. The number of H-pyrrole nitrogens is 1. The number of aromatic nitrogens is 2. The number of hydrogen-bond donors (Lipinski definition) is 3. The minimum absolute atomic E-state index is 0.105. The molecule has 0 radical (unpaired) electrons. The zero-order chi connectivity index (χ0) is 17.9. The lowest BCUT2D eigenvalue weighted by Crippen LogP contribution is -2.34. The first-order valence-corrected chi connectivity index (χ1v) is 7.67. The fourth-order valence-electron chi connectivity index (χ4n) is 1.99. The molecule has 0 saturated carbocycles. The van der Waals surface area contributed by atoms with E-state index < -0.39 is 62.9 Å². The minimum Gasteiger partial charge on any atom is -0.479 e. The zero-order valence-corrected chi connectivity index (χ0v) is 12.8. The molecule has 1 aliphatic rings. The molecule has 24 heavy (non-hydrogen) atoms. The number of carboxylic acids is 1. The van der Waals surface area contributed by atoms with Crippen LogP contribution in [-0.2, 0) is 23.1 Å². The van der Waals surface area contributed by atoms with Crippen LogP contribution in [0.5, 0.6) is 0 Å². The number of aliphatic carboxylic acids is 1. The fourth-order valence-corrected chi connectivity index (χ4v) is 2.55. The van der Waals surface area contributed by atoms with Gasteiger partial charge in [-0.15, -0.1) is 9.05 Å². The Morgan fingerprint density at radius 1 is 1.50 bits per heavy atom. The summed E-state index contributed by atoms with van der Waals surface area (Å²) < 4.78 is 39.7. The van der Waals surface area contributed by atoms with Crippen LogP contribution in [0.1, 0.15) is 12.6 Å². The summed E-state index contributed by atoms with van der Waals surface area (Å²) in [5.41, 5.74) is -2.10. The first-order chi connectivity index (χ1) is 11.3. The molecule has 0 aromatic carbocycles. The van der Waals surface area contributed by atoms with Gasteiger partial charge in [-0.25, -0.2) is 9.59 Å². The molecule has 1 aromatic rings. The van der Waals surface area contributed by atoms with Gasteiger partial charge in [0.1, 0.15) is 18.9 Å². The quantitative estimate of drug-likeness (QED) is 0.519. The summed E-state index contributed by atoms with van der Waals surface area (Å²) in [7, 11) is -2.73. The molecule has 11 nitrogen and oxygen atoms in total. The van der Waals surface area contributed by atoms with Crippen molar-refractivity contribution >= 4 is 14.2 Å². The summed E-state index contributed by atoms with van der Waals surface area (Å²) in [6, 6.07) is 0. The van der Waals surface area contributed by atoms with Gasteiger partial charge >= 0.3 is 19.9 Å². The average molecular weight is 367 g/mol. The van der Waals surface area contributed by atoms with E-state index in [0.29, 0.717) is 6.20 Å². The van der Waals surface area contributed by atoms with Crippen LogP contribution in [-0.4, -0.2) is 51.2 Å². The zero-order valence-electron chi connectivity index (χ0n) is 12.0. The molecule has 13 heteroatoms. The summed E-state index contributed by atoms with van der Waals surface area (Å²) in [4.78, 5) is 34.6. The lowest BCUT2D eigenvalue weighted by atomic mass is 10.2. The van der Waals surface area contributed by atoms with Crippen LogP contribution in [0.15, 0.2) is 15.8 Å². The van der Waals surface area contributed by atoms with Crippen molar-refractivity contribution in [1.82, 2.24) is 9.55 Å². The largest absolute Gasteiger partial charge is 0.698 e. The molecular weight excluding hydrogens is 354 g/mol. The smallest absolute Gasteiger partial charge is 0.479 e. The topological polar surface area (TPSA) is 157 Å². The molecule has 3 N–H and O–H groups in total. The van der Waals surface area contributed by atoms with Gasteiger partial charge in [0, 0.05) is 11.0 Å². The molecule has 1 aromatic heterocycles. The van der Waals surface area contributed by atoms with Gasteiger partial charge in [0.25, 0.3) is 5.56 Å². The van der Waals surface area contributed by atoms with E-state index in [2.05, 4.69) is 4.52 Å². The van der Waals surface area contributed by atoms with Crippen molar-refractivity contribution < 1.29 is 37.7 Å². The Bertz CT molecular complexity index is 748. The number of aromatic amines is 1. The molecule has 1 fully saturated rings. The van der Waals surface area contributed by atoms with Gasteiger partial charge < -0.3 is 14.9 Å². The van der Waals surface area contributed by atoms with Gasteiger partial charge in [-0.3, -0.25) is 14.3 Å². The number of hydrogen-bond acceptors (Lipinski definition) is 8. The second kappa shape index (κ2) is 7.73. The predicted octanol–water partition coefficient (Wildman–Crippen LogP) is -0.901. The van der Waals surface area contributed by atoms with E-state index in [0.717, 1.165) is 4.57 Å². The molecule has 1 saturated heterocycles.